The van der Waals surface area contributed by atoms with Crippen LogP contribution >= 0.6 is 0 Å². The molecule has 14 heteroatoms. The van der Waals surface area contributed by atoms with Gasteiger partial charge in [0.25, 0.3) is 11.8 Å². The molecule has 0 spiro atoms. The minimum absolute atomic E-state index is 0.0448. The number of nitrogens with one attached hydrogen (secondary N) is 1. The molecule has 4 aliphatic heterocycles. The number of amides is 2. The largest absolute Gasteiger partial charge is 0.422 e. The van der Waals surface area contributed by atoms with Crippen molar-refractivity contribution in [1.29, 1.82) is 0 Å². The van der Waals surface area contributed by atoms with Crippen LogP contribution in [0.2, 0.25) is 0 Å². The molecule has 1 aromatic heterocycles. The fraction of sp³-hybridized carbons (Fsp3) is 0.541. The molecular formula is C37H46FN5O7S. The van der Waals surface area contributed by atoms with Crippen LogP contribution in [0, 0.1) is 19.7 Å². The van der Waals surface area contributed by atoms with Gasteiger partial charge in [-0.15, -0.1) is 0 Å². The normalized spacial score (nSPS) is 22.5. The highest BCUT2D eigenvalue weighted by Crippen LogP contribution is 2.39. The number of piperazine rings is 1. The Kier molecular flexibility index (Phi) is 9.48. The first-order valence-electron chi connectivity index (χ1n) is 17.8. The Bertz CT molecular complexity index is 2070. The third-order valence-corrected chi connectivity index (χ3v) is 13.1. The first kappa shape index (κ1) is 35.5. The number of anilines is 1. The van der Waals surface area contributed by atoms with Gasteiger partial charge in [0.1, 0.15) is 11.4 Å². The second-order valence-electron chi connectivity index (χ2n) is 14.4. The summed E-state index contributed by atoms with van der Waals surface area (Å²) >= 11 is 0. The van der Waals surface area contributed by atoms with Crippen molar-refractivity contribution < 1.29 is 31.6 Å². The highest BCUT2D eigenvalue weighted by molar-refractivity contribution is 7.87. The van der Waals surface area contributed by atoms with E-state index in [4.69, 9.17) is 9.15 Å². The van der Waals surface area contributed by atoms with E-state index in [1.807, 2.05) is 13.8 Å². The molecule has 1 N–H and O–H groups in total. The fourth-order valence-corrected chi connectivity index (χ4v) is 10.4. The Hall–Kier alpha value is -3.85. The van der Waals surface area contributed by atoms with E-state index in [9.17, 15) is 22.8 Å². The first-order valence-corrected chi connectivity index (χ1v) is 19.3. The van der Waals surface area contributed by atoms with Gasteiger partial charge in [0.05, 0.1) is 30.3 Å². The molecular weight excluding hydrogens is 678 g/mol. The number of fused-ring (bicyclic) bond motifs is 5. The maximum atomic E-state index is 16.0. The first-order chi connectivity index (χ1) is 24.3. The van der Waals surface area contributed by atoms with Crippen LogP contribution in [0.1, 0.15) is 81.1 Å². The number of carbonyl (C=O) groups is 2. The van der Waals surface area contributed by atoms with Crippen LogP contribution in [0.25, 0.3) is 11.0 Å². The monoisotopic (exact) mass is 723 g/mol. The summed E-state index contributed by atoms with van der Waals surface area (Å²) < 4.78 is 57.3. The van der Waals surface area contributed by atoms with Gasteiger partial charge in [-0.3, -0.25) is 14.5 Å². The lowest BCUT2D eigenvalue weighted by Crippen LogP contribution is -2.53. The zero-order valence-electron chi connectivity index (χ0n) is 29.9. The average molecular weight is 724 g/mol. The number of halogens is 1. The molecule has 0 unspecified atom stereocenters. The van der Waals surface area contributed by atoms with Crippen molar-refractivity contribution in [2.24, 2.45) is 0 Å². The highest BCUT2D eigenvalue weighted by atomic mass is 32.2. The van der Waals surface area contributed by atoms with Crippen molar-refractivity contribution in [3.8, 4) is 0 Å². The zero-order chi connectivity index (χ0) is 36.4. The number of methoxy groups -OCH3 is 1. The number of benzene rings is 2. The fourth-order valence-electron chi connectivity index (χ4n) is 8.79. The van der Waals surface area contributed by atoms with Crippen LogP contribution in [-0.4, -0.2) is 99.4 Å². The standard InChI is InChI=1S/C37H46FN5O7S/c1-6-26-28(35(44)39-51(47,48)43-23-7-8-24(43)10-9-23)11-12-29(33(26)38)36(45)42-14-13-27-30(19-42)37(46)50-34-22(3)31(17-21(2)32(27)34)41-16-15-40(4)25(18-41)20-49-5/h11-12,17,23-25H,6-10,13-16,18-20H2,1-5H3,(H,39,44)/t23?,24?,25-/m1/s1. The minimum Gasteiger partial charge on any atom is -0.422 e. The summed E-state index contributed by atoms with van der Waals surface area (Å²) in [7, 11) is -0.306. The third-order valence-electron chi connectivity index (χ3n) is 11.5. The molecule has 7 rings (SSSR count). The lowest BCUT2D eigenvalue weighted by atomic mass is 9.92. The van der Waals surface area contributed by atoms with Crippen LogP contribution in [0.3, 0.4) is 0 Å². The van der Waals surface area contributed by atoms with Gasteiger partial charge in [0.15, 0.2) is 0 Å². The van der Waals surface area contributed by atoms with E-state index in [-0.39, 0.29) is 54.3 Å². The van der Waals surface area contributed by atoms with Crippen LogP contribution in [0.4, 0.5) is 10.1 Å². The van der Waals surface area contributed by atoms with Crippen molar-refractivity contribution in [3.05, 3.63) is 73.4 Å². The second-order valence-corrected chi connectivity index (χ2v) is 16.0. The van der Waals surface area contributed by atoms with Crippen LogP contribution in [-0.2, 0) is 34.3 Å². The van der Waals surface area contributed by atoms with Crippen molar-refractivity contribution in [3.63, 3.8) is 0 Å². The van der Waals surface area contributed by atoms with Crippen molar-refractivity contribution in [2.75, 3.05) is 51.8 Å². The van der Waals surface area contributed by atoms with E-state index in [0.717, 1.165) is 73.1 Å². The van der Waals surface area contributed by atoms with Crippen LogP contribution < -0.4 is 15.2 Å². The quantitative estimate of drug-likeness (QED) is 0.346. The minimum atomic E-state index is -4.10. The summed E-state index contributed by atoms with van der Waals surface area (Å²) in [5.41, 5.74) is 3.67. The summed E-state index contributed by atoms with van der Waals surface area (Å²) in [5.74, 6) is -2.42. The van der Waals surface area contributed by atoms with Gasteiger partial charge >= 0.3 is 15.8 Å². The number of hydrogen-bond acceptors (Lipinski definition) is 9. The molecule has 4 aliphatic rings. The molecule has 0 aliphatic carbocycles. The number of hydrogen-bond donors (Lipinski definition) is 1. The zero-order valence-corrected chi connectivity index (χ0v) is 30.7. The topological polar surface area (TPSA) is 133 Å². The lowest BCUT2D eigenvalue weighted by molar-refractivity contribution is 0.0727. The maximum Gasteiger partial charge on any atom is 0.341 e. The van der Waals surface area contributed by atoms with Gasteiger partial charge in [0, 0.05) is 73.1 Å². The average Bonchev–Trinajstić information content (AvgIpc) is 3.72. The van der Waals surface area contributed by atoms with Gasteiger partial charge in [-0.25, -0.2) is 13.9 Å². The Morgan fingerprint density at radius 3 is 2.39 bits per heavy atom. The maximum absolute atomic E-state index is 16.0. The predicted molar refractivity (Wildman–Crippen MR) is 191 cm³/mol. The molecule has 2 aromatic carbocycles. The number of ether oxygens (including phenoxy) is 1. The number of carbonyl (C=O) groups excluding carboxylic acids is 2. The van der Waals surface area contributed by atoms with Crippen molar-refractivity contribution in [1.82, 2.24) is 18.8 Å². The Morgan fingerprint density at radius 1 is 1.04 bits per heavy atom. The third kappa shape index (κ3) is 6.13. The van der Waals surface area contributed by atoms with Gasteiger partial charge in [-0.1, -0.05) is 6.92 Å². The van der Waals surface area contributed by atoms with Gasteiger partial charge in [-0.2, -0.15) is 12.7 Å². The molecule has 274 valence electrons. The predicted octanol–water partition coefficient (Wildman–Crippen LogP) is 3.68. The summed E-state index contributed by atoms with van der Waals surface area (Å²) in [6.07, 6.45) is 3.49. The van der Waals surface area contributed by atoms with Gasteiger partial charge < -0.3 is 19.0 Å². The van der Waals surface area contributed by atoms with Gasteiger partial charge in [0.2, 0.25) is 0 Å². The second kappa shape index (κ2) is 13.6. The van der Waals surface area contributed by atoms with E-state index < -0.39 is 33.5 Å². The molecule has 0 radical (unpaired) electrons. The van der Waals surface area contributed by atoms with E-state index >= 15 is 4.39 Å². The lowest BCUT2D eigenvalue weighted by Gasteiger charge is -2.41. The SMILES string of the molecule is CCc1c(C(=O)NS(=O)(=O)N2C3CCC2CC3)ccc(C(=O)N2CCc3c(c(=O)oc4c(C)c(N5CCN(C)[C@@H](COC)C5)cc(C)c34)C2)c1F. The molecule has 2 amide bonds. The smallest absolute Gasteiger partial charge is 0.341 e. The highest BCUT2D eigenvalue weighted by Gasteiger charge is 2.47. The summed E-state index contributed by atoms with van der Waals surface area (Å²) in [5, 5.41) is 0.868. The van der Waals surface area contributed by atoms with Crippen LogP contribution in [0.15, 0.2) is 27.4 Å². The Balaban J connectivity index is 1.13. The number of aryl methyl sites for hydroxylation is 2. The molecule has 12 nitrogen and oxygen atoms in total. The number of nitrogens with zero attached hydrogens (tertiary/aromatic N) is 4. The summed E-state index contributed by atoms with van der Waals surface area (Å²) in [4.78, 5) is 46.6. The molecule has 5 heterocycles. The van der Waals surface area contributed by atoms with Crippen molar-refractivity contribution in [2.45, 2.75) is 84.0 Å². The van der Waals surface area contributed by atoms with E-state index in [2.05, 4.69) is 27.6 Å². The molecule has 1 atom stereocenters. The number of rotatable bonds is 8. The summed E-state index contributed by atoms with van der Waals surface area (Å²) in [6.45, 7) is 8.92. The molecule has 51 heavy (non-hydrogen) atoms. The molecule has 3 aromatic rings. The molecule has 3 saturated heterocycles. The van der Waals surface area contributed by atoms with E-state index in [1.165, 1.54) is 21.3 Å². The van der Waals surface area contributed by atoms with Crippen LogP contribution in [0.5, 0.6) is 0 Å². The number of likely N-dealkylation sites (N-methyl/N-ethyl adjacent to an activating group) is 1. The summed E-state index contributed by atoms with van der Waals surface area (Å²) in [6, 6.07) is 4.65. The van der Waals surface area contributed by atoms with Gasteiger partial charge in [-0.05, 0) is 88.7 Å². The molecule has 0 saturated carbocycles. The van der Waals surface area contributed by atoms with E-state index in [1.54, 1.807) is 14.0 Å². The molecule has 3 fully saturated rings. The van der Waals surface area contributed by atoms with E-state index in [0.29, 0.717) is 24.2 Å². The Labute approximate surface area is 297 Å². The Morgan fingerprint density at radius 2 is 1.73 bits per heavy atom. The molecule has 2 bridgehead atoms. The van der Waals surface area contributed by atoms with Crippen molar-refractivity contribution >= 4 is 38.7 Å².